The van der Waals surface area contributed by atoms with Crippen LogP contribution in [-0.4, -0.2) is 11.0 Å². The first-order chi connectivity index (χ1) is 10.3. The van der Waals surface area contributed by atoms with E-state index in [1.807, 2.05) is 12.1 Å². The molecule has 1 aromatic carbocycles. The maximum Gasteiger partial charge on any atom is 0.0894 e. The Balaban J connectivity index is 1.76. The fourth-order valence-corrected chi connectivity index (χ4v) is 4.14. The maximum absolute atomic E-state index is 6.38. The van der Waals surface area contributed by atoms with Crippen LogP contribution in [0.1, 0.15) is 48.9 Å². The fraction of sp³-hybridized carbons (Fsp3) is 0.500. The Morgan fingerprint density at radius 3 is 2.86 bits per heavy atom. The van der Waals surface area contributed by atoms with Gasteiger partial charge in [0.1, 0.15) is 0 Å². The molecule has 0 spiro atoms. The molecule has 0 radical (unpaired) electrons. The number of pyridine rings is 1. The zero-order valence-electron chi connectivity index (χ0n) is 12.3. The van der Waals surface area contributed by atoms with Gasteiger partial charge in [-0.15, -0.1) is 0 Å². The quantitative estimate of drug-likeness (QED) is 0.908. The monoisotopic (exact) mass is 300 g/mol. The average molecular weight is 301 g/mol. The van der Waals surface area contributed by atoms with Gasteiger partial charge in [0.15, 0.2) is 0 Å². The molecule has 2 aliphatic carbocycles. The number of para-hydroxylation sites is 1. The molecule has 1 fully saturated rings. The lowest BCUT2D eigenvalue weighted by atomic mass is 10.0. The van der Waals surface area contributed by atoms with E-state index in [1.165, 1.54) is 60.7 Å². The highest BCUT2D eigenvalue weighted by Crippen LogP contribution is 2.33. The Kier molecular flexibility index (Phi) is 3.60. The van der Waals surface area contributed by atoms with Crippen LogP contribution in [0.25, 0.3) is 10.9 Å². The minimum atomic E-state index is 0.699. The second kappa shape index (κ2) is 5.58. The Labute approximate surface area is 130 Å². The van der Waals surface area contributed by atoms with Crippen molar-refractivity contribution in [3.8, 4) is 0 Å². The van der Waals surface area contributed by atoms with Crippen molar-refractivity contribution in [1.29, 1.82) is 0 Å². The number of benzene rings is 1. The molecule has 2 aromatic rings. The molecule has 2 nitrogen and oxygen atoms in total. The van der Waals surface area contributed by atoms with Crippen LogP contribution in [-0.2, 0) is 19.4 Å². The van der Waals surface area contributed by atoms with E-state index in [9.17, 15) is 0 Å². The molecule has 3 heteroatoms. The van der Waals surface area contributed by atoms with Gasteiger partial charge in [-0.3, -0.25) is 4.98 Å². The molecule has 1 saturated carbocycles. The summed E-state index contributed by atoms with van der Waals surface area (Å²) in [6.45, 7) is 0.965. The van der Waals surface area contributed by atoms with Crippen molar-refractivity contribution >= 4 is 22.5 Å². The Hall–Kier alpha value is -1.12. The molecule has 0 atom stereocenters. The summed E-state index contributed by atoms with van der Waals surface area (Å²) in [5.41, 5.74) is 5.19. The normalized spacial score (nSPS) is 18.5. The number of aromatic nitrogens is 1. The van der Waals surface area contributed by atoms with E-state index in [2.05, 4.69) is 11.4 Å². The van der Waals surface area contributed by atoms with E-state index < -0.39 is 0 Å². The summed E-state index contributed by atoms with van der Waals surface area (Å²) in [5.74, 6) is 0. The second-order valence-corrected chi connectivity index (χ2v) is 6.77. The summed E-state index contributed by atoms with van der Waals surface area (Å²) >= 11 is 6.38. The van der Waals surface area contributed by atoms with E-state index in [4.69, 9.17) is 16.6 Å². The zero-order chi connectivity index (χ0) is 14.2. The third-order valence-electron chi connectivity index (χ3n) is 5.03. The highest BCUT2D eigenvalue weighted by atomic mass is 35.5. The third kappa shape index (κ3) is 2.45. The summed E-state index contributed by atoms with van der Waals surface area (Å²) in [6.07, 6.45) is 8.90. The van der Waals surface area contributed by atoms with Gasteiger partial charge >= 0.3 is 0 Å². The fourth-order valence-electron chi connectivity index (χ4n) is 3.92. The Bertz CT molecular complexity index is 674. The number of rotatable bonds is 3. The largest absolute Gasteiger partial charge is 0.310 e. The van der Waals surface area contributed by atoms with E-state index in [0.717, 1.165) is 23.5 Å². The van der Waals surface area contributed by atoms with Crippen LogP contribution >= 0.6 is 11.6 Å². The van der Waals surface area contributed by atoms with E-state index in [1.54, 1.807) is 0 Å². The van der Waals surface area contributed by atoms with E-state index in [-0.39, 0.29) is 0 Å². The van der Waals surface area contributed by atoms with Crippen LogP contribution in [0.15, 0.2) is 18.2 Å². The van der Waals surface area contributed by atoms with Gasteiger partial charge in [-0.2, -0.15) is 0 Å². The molecule has 2 aliphatic rings. The van der Waals surface area contributed by atoms with Crippen LogP contribution in [0.2, 0.25) is 5.02 Å². The first-order valence-electron chi connectivity index (χ1n) is 8.15. The first kappa shape index (κ1) is 13.5. The molecule has 21 heavy (non-hydrogen) atoms. The second-order valence-electron chi connectivity index (χ2n) is 6.37. The minimum Gasteiger partial charge on any atom is -0.310 e. The number of nitrogens with zero attached hydrogens (tertiary/aromatic N) is 1. The molecule has 1 heterocycles. The number of hydrogen-bond donors (Lipinski definition) is 1. The van der Waals surface area contributed by atoms with Crippen molar-refractivity contribution in [1.82, 2.24) is 10.3 Å². The van der Waals surface area contributed by atoms with Crippen molar-refractivity contribution in [3.05, 3.63) is 40.0 Å². The molecule has 0 saturated heterocycles. The summed E-state index contributed by atoms with van der Waals surface area (Å²) in [6, 6.07) is 6.88. The van der Waals surface area contributed by atoms with Gasteiger partial charge < -0.3 is 5.32 Å². The molecule has 0 bridgehead atoms. The van der Waals surface area contributed by atoms with E-state index >= 15 is 0 Å². The first-order valence-corrected chi connectivity index (χ1v) is 8.53. The average Bonchev–Trinajstić information content (AvgIpc) is 3.15. The summed E-state index contributed by atoms with van der Waals surface area (Å²) in [5, 5.41) is 5.79. The van der Waals surface area contributed by atoms with Gasteiger partial charge in [-0.25, -0.2) is 0 Å². The van der Waals surface area contributed by atoms with Crippen LogP contribution < -0.4 is 5.32 Å². The van der Waals surface area contributed by atoms with Crippen LogP contribution in [0, 0.1) is 0 Å². The van der Waals surface area contributed by atoms with Gasteiger partial charge in [-0.05, 0) is 49.3 Å². The van der Waals surface area contributed by atoms with Gasteiger partial charge in [0, 0.05) is 23.7 Å². The van der Waals surface area contributed by atoms with Crippen LogP contribution in [0.3, 0.4) is 0 Å². The highest BCUT2D eigenvalue weighted by molar-refractivity contribution is 6.35. The SMILES string of the molecule is Clc1cccc2c(CNC3CCCC3)c3c(nc12)CCC3. The smallest absolute Gasteiger partial charge is 0.0894 e. The number of fused-ring (bicyclic) bond motifs is 2. The standard InChI is InChI=1S/C18H21ClN2/c19-16-9-3-8-14-15(11-20-12-5-1-2-6-12)13-7-4-10-17(13)21-18(14)16/h3,8-9,12,20H,1-2,4-7,10-11H2. The lowest BCUT2D eigenvalue weighted by molar-refractivity contribution is 0.524. The highest BCUT2D eigenvalue weighted by Gasteiger charge is 2.21. The molecular weight excluding hydrogens is 280 g/mol. The number of aryl methyl sites for hydroxylation is 1. The Morgan fingerprint density at radius 2 is 2.00 bits per heavy atom. The van der Waals surface area contributed by atoms with Crippen molar-refractivity contribution < 1.29 is 0 Å². The molecule has 4 rings (SSSR count). The minimum absolute atomic E-state index is 0.699. The lowest BCUT2D eigenvalue weighted by Crippen LogP contribution is -2.26. The molecule has 1 N–H and O–H groups in total. The summed E-state index contributed by atoms with van der Waals surface area (Å²) in [7, 11) is 0. The molecule has 110 valence electrons. The zero-order valence-corrected chi connectivity index (χ0v) is 13.0. The van der Waals surface area contributed by atoms with Crippen LogP contribution in [0.5, 0.6) is 0 Å². The van der Waals surface area contributed by atoms with Gasteiger partial charge in [0.05, 0.1) is 10.5 Å². The van der Waals surface area contributed by atoms with Crippen molar-refractivity contribution in [2.75, 3.05) is 0 Å². The van der Waals surface area contributed by atoms with E-state index in [0.29, 0.717) is 6.04 Å². The maximum atomic E-state index is 6.38. The molecule has 0 amide bonds. The van der Waals surface area contributed by atoms with Crippen molar-refractivity contribution in [3.63, 3.8) is 0 Å². The van der Waals surface area contributed by atoms with Crippen molar-refractivity contribution in [2.45, 2.75) is 57.5 Å². The summed E-state index contributed by atoms with van der Waals surface area (Å²) < 4.78 is 0. The molecule has 0 aliphatic heterocycles. The van der Waals surface area contributed by atoms with Gasteiger partial charge in [-0.1, -0.05) is 36.6 Å². The predicted octanol–water partition coefficient (Wildman–Crippen LogP) is 4.41. The number of halogens is 1. The van der Waals surface area contributed by atoms with Gasteiger partial charge in [0.2, 0.25) is 0 Å². The molecule has 1 aromatic heterocycles. The van der Waals surface area contributed by atoms with Crippen LogP contribution in [0.4, 0.5) is 0 Å². The van der Waals surface area contributed by atoms with Gasteiger partial charge in [0.25, 0.3) is 0 Å². The topological polar surface area (TPSA) is 24.9 Å². The number of hydrogen-bond acceptors (Lipinski definition) is 2. The predicted molar refractivity (Wildman–Crippen MR) is 87.9 cm³/mol. The lowest BCUT2D eigenvalue weighted by Gasteiger charge is -2.17. The Morgan fingerprint density at radius 1 is 1.14 bits per heavy atom. The third-order valence-corrected chi connectivity index (χ3v) is 5.34. The number of nitrogens with one attached hydrogen (secondary N) is 1. The molecular formula is C18H21ClN2. The molecule has 0 unspecified atom stereocenters. The van der Waals surface area contributed by atoms with Crippen molar-refractivity contribution in [2.24, 2.45) is 0 Å². The summed E-state index contributed by atoms with van der Waals surface area (Å²) in [4.78, 5) is 4.84.